The number of aliphatic hydroxyl groups is 1. The van der Waals surface area contributed by atoms with Gasteiger partial charge in [-0.2, -0.15) is 0 Å². The Morgan fingerprint density at radius 2 is 2.06 bits per heavy atom. The zero-order chi connectivity index (χ0) is 11.4. The fraction of sp³-hybridized carbons (Fsp3) is 0.308. The van der Waals surface area contributed by atoms with Gasteiger partial charge >= 0.3 is 0 Å². The molecule has 1 aliphatic rings. The molecule has 3 heteroatoms. The molecule has 2 nitrogen and oxygen atoms in total. The average Bonchev–Trinajstić information content (AvgIpc) is 2.32. The molecule has 1 aromatic rings. The highest BCUT2D eigenvalue weighted by molar-refractivity contribution is 7.99. The van der Waals surface area contributed by atoms with Crippen LogP contribution in [0.4, 0.5) is 0 Å². The summed E-state index contributed by atoms with van der Waals surface area (Å²) in [6, 6.07) is 10.1. The number of carbonyl (C=O) groups is 1. The highest BCUT2D eigenvalue weighted by Gasteiger charge is 2.26. The summed E-state index contributed by atoms with van der Waals surface area (Å²) in [5, 5.41) is 9.60. The van der Waals surface area contributed by atoms with Crippen LogP contribution in [0.2, 0.25) is 0 Å². The number of thioether (sulfide) groups is 1. The van der Waals surface area contributed by atoms with E-state index in [4.69, 9.17) is 0 Å². The highest BCUT2D eigenvalue weighted by Crippen LogP contribution is 2.25. The van der Waals surface area contributed by atoms with Crippen LogP contribution in [0.15, 0.2) is 42.5 Å². The molecule has 16 heavy (non-hydrogen) atoms. The Bertz CT molecular complexity index is 386. The zero-order valence-electron chi connectivity index (χ0n) is 8.87. The molecule has 0 aromatic heterocycles. The van der Waals surface area contributed by atoms with Gasteiger partial charge in [-0.3, -0.25) is 4.79 Å². The number of ketones is 1. The minimum absolute atomic E-state index is 0.0759. The predicted octanol–water partition coefficient (Wildman–Crippen LogP) is 2.18. The van der Waals surface area contributed by atoms with Crippen molar-refractivity contribution in [3.8, 4) is 0 Å². The topological polar surface area (TPSA) is 37.3 Å². The molecule has 0 amide bonds. The molecule has 0 spiro atoms. The molecule has 0 bridgehead atoms. The molecule has 2 atom stereocenters. The molecule has 1 aromatic carbocycles. The molecule has 0 heterocycles. The molecule has 0 aliphatic heterocycles. The maximum atomic E-state index is 11.3. The van der Waals surface area contributed by atoms with Gasteiger partial charge in [0.2, 0.25) is 0 Å². The second-order valence-electron chi connectivity index (χ2n) is 3.80. The van der Waals surface area contributed by atoms with Crippen molar-refractivity contribution in [3.05, 3.63) is 48.0 Å². The zero-order valence-corrected chi connectivity index (χ0v) is 9.69. The van der Waals surface area contributed by atoms with Crippen LogP contribution in [0, 0.1) is 0 Å². The number of aliphatic hydroxyl groups excluding tert-OH is 1. The maximum Gasteiger partial charge on any atom is 0.166 e. The van der Waals surface area contributed by atoms with E-state index in [9.17, 15) is 9.90 Å². The number of allylic oxidation sites excluding steroid dienone is 1. The van der Waals surface area contributed by atoms with Gasteiger partial charge in [0, 0.05) is 12.2 Å². The third-order valence-corrected chi connectivity index (χ3v) is 3.87. The van der Waals surface area contributed by atoms with Gasteiger partial charge in [-0.25, -0.2) is 0 Å². The van der Waals surface area contributed by atoms with E-state index in [0.717, 1.165) is 5.75 Å². The van der Waals surface area contributed by atoms with Crippen molar-refractivity contribution in [2.45, 2.75) is 23.5 Å². The van der Waals surface area contributed by atoms with Crippen molar-refractivity contribution >= 4 is 17.5 Å². The fourth-order valence-corrected chi connectivity index (χ4v) is 2.77. The van der Waals surface area contributed by atoms with Crippen molar-refractivity contribution in [2.24, 2.45) is 0 Å². The van der Waals surface area contributed by atoms with Gasteiger partial charge < -0.3 is 5.11 Å². The SMILES string of the molecule is O=C1CC=CC(SCc2ccccc2)C1O. The minimum Gasteiger partial charge on any atom is -0.384 e. The number of benzene rings is 1. The Balaban J connectivity index is 1.93. The monoisotopic (exact) mass is 234 g/mol. The third kappa shape index (κ3) is 2.74. The fourth-order valence-electron chi connectivity index (χ4n) is 1.64. The molecule has 84 valence electrons. The second-order valence-corrected chi connectivity index (χ2v) is 4.97. The number of hydrogen-bond donors (Lipinski definition) is 1. The first-order chi connectivity index (χ1) is 7.77. The average molecular weight is 234 g/mol. The molecule has 0 radical (unpaired) electrons. The quantitative estimate of drug-likeness (QED) is 0.814. The van der Waals surface area contributed by atoms with Gasteiger partial charge in [-0.05, 0) is 5.56 Å². The normalized spacial score (nSPS) is 24.7. The summed E-state index contributed by atoms with van der Waals surface area (Å²) in [7, 11) is 0. The number of hydrogen-bond acceptors (Lipinski definition) is 3. The van der Waals surface area contributed by atoms with Crippen LogP contribution in [0.3, 0.4) is 0 Å². The predicted molar refractivity (Wildman–Crippen MR) is 66.3 cm³/mol. The molecule has 1 aliphatic carbocycles. The molecule has 0 saturated carbocycles. The number of carbonyl (C=O) groups excluding carboxylic acids is 1. The Hall–Kier alpha value is -1.06. The van der Waals surface area contributed by atoms with E-state index in [1.54, 1.807) is 11.8 Å². The van der Waals surface area contributed by atoms with Gasteiger partial charge in [0.1, 0.15) is 6.10 Å². The van der Waals surface area contributed by atoms with Crippen molar-refractivity contribution < 1.29 is 9.90 Å². The van der Waals surface area contributed by atoms with Gasteiger partial charge in [-0.15, -0.1) is 11.8 Å². The van der Waals surface area contributed by atoms with Crippen LogP contribution in [0.1, 0.15) is 12.0 Å². The molecule has 0 saturated heterocycles. The van der Waals surface area contributed by atoms with E-state index in [1.807, 2.05) is 42.5 Å². The van der Waals surface area contributed by atoms with Crippen LogP contribution >= 0.6 is 11.8 Å². The molecular weight excluding hydrogens is 220 g/mol. The van der Waals surface area contributed by atoms with Crippen LogP contribution in [-0.4, -0.2) is 22.2 Å². The lowest BCUT2D eigenvalue weighted by Gasteiger charge is -2.21. The van der Waals surface area contributed by atoms with Crippen molar-refractivity contribution in [2.75, 3.05) is 0 Å². The first-order valence-electron chi connectivity index (χ1n) is 5.30. The van der Waals surface area contributed by atoms with Gasteiger partial charge in [0.25, 0.3) is 0 Å². The summed E-state index contributed by atoms with van der Waals surface area (Å²) in [5.74, 6) is 0.744. The third-order valence-electron chi connectivity index (χ3n) is 2.57. The van der Waals surface area contributed by atoms with Crippen LogP contribution in [0.5, 0.6) is 0 Å². The second kappa shape index (κ2) is 5.32. The van der Waals surface area contributed by atoms with E-state index in [0.29, 0.717) is 6.42 Å². The molecule has 1 N–H and O–H groups in total. The smallest absolute Gasteiger partial charge is 0.166 e. The van der Waals surface area contributed by atoms with Crippen molar-refractivity contribution in [3.63, 3.8) is 0 Å². The maximum absolute atomic E-state index is 11.3. The molecule has 0 fully saturated rings. The lowest BCUT2D eigenvalue weighted by atomic mass is 10.0. The summed E-state index contributed by atoms with van der Waals surface area (Å²) >= 11 is 1.60. The molecule has 2 rings (SSSR count). The summed E-state index contributed by atoms with van der Waals surface area (Å²) in [6.45, 7) is 0. The number of rotatable bonds is 3. The minimum atomic E-state index is -0.835. The Morgan fingerprint density at radius 1 is 1.31 bits per heavy atom. The molecular formula is C13H14O2S. The van der Waals surface area contributed by atoms with Crippen LogP contribution in [-0.2, 0) is 10.5 Å². The van der Waals surface area contributed by atoms with E-state index >= 15 is 0 Å². The summed E-state index contributed by atoms with van der Waals surface area (Å²) in [4.78, 5) is 11.3. The van der Waals surface area contributed by atoms with E-state index < -0.39 is 6.10 Å². The first-order valence-corrected chi connectivity index (χ1v) is 6.35. The summed E-state index contributed by atoms with van der Waals surface area (Å²) < 4.78 is 0. The number of Topliss-reactive ketones (excluding diaryl/α,β-unsaturated/α-hetero) is 1. The highest BCUT2D eigenvalue weighted by atomic mass is 32.2. The van der Waals surface area contributed by atoms with Crippen LogP contribution in [0.25, 0.3) is 0 Å². The lowest BCUT2D eigenvalue weighted by molar-refractivity contribution is -0.126. The molecule has 2 unspecified atom stereocenters. The summed E-state index contributed by atoms with van der Waals surface area (Å²) in [5.41, 5.74) is 1.21. The van der Waals surface area contributed by atoms with Gasteiger partial charge in [0.05, 0.1) is 5.25 Å². The first kappa shape index (κ1) is 11.4. The van der Waals surface area contributed by atoms with E-state index in [-0.39, 0.29) is 11.0 Å². The van der Waals surface area contributed by atoms with Crippen LogP contribution < -0.4 is 0 Å². The van der Waals surface area contributed by atoms with Crippen molar-refractivity contribution in [1.82, 2.24) is 0 Å². The van der Waals surface area contributed by atoms with Crippen molar-refractivity contribution in [1.29, 1.82) is 0 Å². The van der Waals surface area contributed by atoms with E-state index in [1.165, 1.54) is 5.56 Å². The Labute approximate surface area is 99.4 Å². The summed E-state index contributed by atoms with van der Waals surface area (Å²) in [6.07, 6.45) is 3.31. The van der Waals surface area contributed by atoms with Gasteiger partial charge in [0.15, 0.2) is 5.78 Å². The lowest BCUT2D eigenvalue weighted by Crippen LogP contribution is -2.32. The Morgan fingerprint density at radius 3 is 2.81 bits per heavy atom. The standard InChI is InChI=1S/C13H14O2S/c14-11-7-4-8-12(13(11)15)16-9-10-5-2-1-3-6-10/h1-6,8,12-13,15H,7,9H2. The van der Waals surface area contributed by atoms with E-state index in [2.05, 4.69) is 0 Å². The largest absolute Gasteiger partial charge is 0.384 e. The van der Waals surface area contributed by atoms with Gasteiger partial charge in [-0.1, -0.05) is 42.5 Å². The Kier molecular flexibility index (Phi) is 3.80.